The van der Waals surface area contributed by atoms with Gasteiger partial charge in [-0.15, -0.1) is 0 Å². The van der Waals surface area contributed by atoms with Gasteiger partial charge in [-0.2, -0.15) is 5.10 Å². The molecule has 22 heavy (non-hydrogen) atoms. The van der Waals surface area contributed by atoms with Gasteiger partial charge in [0.1, 0.15) is 11.9 Å². The highest BCUT2D eigenvalue weighted by Gasteiger charge is 2.26. The summed E-state index contributed by atoms with van der Waals surface area (Å²) in [6.45, 7) is 8.78. The molecular formula is C16H20N4O2. The second kappa shape index (κ2) is 5.12. The molecule has 0 saturated carbocycles. The quantitative estimate of drug-likeness (QED) is 0.812. The van der Waals surface area contributed by atoms with Crippen LogP contribution >= 0.6 is 0 Å². The highest BCUT2D eigenvalue weighted by molar-refractivity contribution is 5.78. The maximum absolute atomic E-state index is 12.1. The second-order valence-corrected chi connectivity index (χ2v) is 6.52. The van der Waals surface area contributed by atoms with Crippen molar-refractivity contribution in [3.05, 3.63) is 35.8 Å². The summed E-state index contributed by atoms with van der Waals surface area (Å²) in [6, 6.07) is 2.00. The zero-order valence-corrected chi connectivity index (χ0v) is 13.3. The van der Waals surface area contributed by atoms with E-state index in [2.05, 4.69) is 16.2 Å². The molecule has 0 saturated heterocycles. The molecule has 3 rings (SSSR count). The smallest absolute Gasteiger partial charge is 0.410 e. The Kier molecular flexibility index (Phi) is 3.39. The molecule has 0 spiro atoms. The minimum absolute atomic E-state index is 0.279. The Morgan fingerprint density at radius 2 is 2.14 bits per heavy atom. The molecule has 1 amide bonds. The molecule has 6 heteroatoms. The predicted molar refractivity (Wildman–Crippen MR) is 83.5 cm³/mol. The average Bonchev–Trinajstić information content (AvgIpc) is 3.03. The lowest BCUT2D eigenvalue weighted by Gasteiger charge is -2.24. The van der Waals surface area contributed by atoms with Crippen LogP contribution in [0.15, 0.2) is 24.7 Å². The van der Waals surface area contributed by atoms with Crippen LogP contribution in [0.25, 0.3) is 11.2 Å². The van der Waals surface area contributed by atoms with Crippen LogP contribution in [-0.4, -0.2) is 44.3 Å². The van der Waals surface area contributed by atoms with E-state index in [1.54, 1.807) is 9.42 Å². The maximum atomic E-state index is 12.1. The number of hydrogen-bond donors (Lipinski definition) is 0. The Morgan fingerprint density at radius 1 is 1.36 bits per heavy atom. The first-order chi connectivity index (χ1) is 10.3. The number of fused-ring (bicyclic) bond motifs is 1. The first-order valence-electron chi connectivity index (χ1n) is 7.31. The van der Waals surface area contributed by atoms with E-state index in [0.29, 0.717) is 13.1 Å². The van der Waals surface area contributed by atoms with Gasteiger partial charge in [-0.3, -0.25) is 0 Å². The Labute approximate surface area is 129 Å². The average molecular weight is 300 g/mol. The number of carbonyl (C=O) groups is 1. The van der Waals surface area contributed by atoms with Crippen molar-refractivity contribution in [3.63, 3.8) is 0 Å². The van der Waals surface area contributed by atoms with Gasteiger partial charge in [0.05, 0.1) is 0 Å². The van der Waals surface area contributed by atoms with Crippen molar-refractivity contribution in [2.75, 3.05) is 13.1 Å². The molecule has 0 aliphatic carbocycles. The van der Waals surface area contributed by atoms with Crippen molar-refractivity contribution in [2.45, 2.75) is 33.3 Å². The van der Waals surface area contributed by atoms with E-state index in [1.807, 2.05) is 40.0 Å². The molecular weight excluding hydrogens is 280 g/mol. The van der Waals surface area contributed by atoms with E-state index in [-0.39, 0.29) is 6.09 Å². The molecule has 2 aromatic rings. The number of nitrogens with zero attached hydrogens (tertiary/aromatic N) is 4. The monoisotopic (exact) mass is 300 g/mol. The summed E-state index contributed by atoms with van der Waals surface area (Å²) in [6.07, 6.45) is 5.28. The molecule has 1 aliphatic heterocycles. The summed E-state index contributed by atoms with van der Waals surface area (Å²) in [7, 11) is 0. The number of amides is 1. The molecule has 0 bridgehead atoms. The number of rotatable bonds is 1. The van der Waals surface area contributed by atoms with Crippen molar-refractivity contribution in [1.29, 1.82) is 0 Å². The fraction of sp³-hybridized carbons (Fsp3) is 0.438. The fourth-order valence-corrected chi connectivity index (χ4v) is 2.51. The van der Waals surface area contributed by atoms with Crippen LogP contribution < -0.4 is 0 Å². The lowest BCUT2D eigenvalue weighted by Crippen LogP contribution is -2.35. The van der Waals surface area contributed by atoms with Crippen LogP contribution in [-0.2, 0) is 4.74 Å². The largest absolute Gasteiger partial charge is 0.444 e. The van der Waals surface area contributed by atoms with E-state index in [4.69, 9.17) is 4.74 Å². The predicted octanol–water partition coefficient (Wildman–Crippen LogP) is 2.67. The first-order valence-corrected chi connectivity index (χ1v) is 7.31. The van der Waals surface area contributed by atoms with Crippen LogP contribution in [0.3, 0.4) is 0 Å². The molecule has 0 radical (unpaired) electrons. The maximum Gasteiger partial charge on any atom is 0.410 e. The zero-order valence-electron chi connectivity index (χ0n) is 13.3. The summed E-state index contributed by atoms with van der Waals surface area (Å²) in [5, 5.41) is 4.17. The minimum atomic E-state index is -0.477. The highest BCUT2D eigenvalue weighted by Crippen LogP contribution is 2.25. The van der Waals surface area contributed by atoms with E-state index in [0.717, 1.165) is 22.3 Å². The Bertz CT molecular complexity index is 755. The summed E-state index contributed by atoms with van der Waals surface area (Å²) in [5.74, 6) is 0. The number of aromatic nitrogens is 3. The van der Waals surface area contributed by atoms with Gasteiger partial charge in [0.15, 0.2) is 5.65 Å². The Hall–Kier alpha value is -2.37. The molecule has 6 nitrogen and oxygen atoms in total. The lowest BCUT2D eigenvalue weighted by molar-refractivity contribution is 0.0306. The third-order valence-electron chi connectivity index (χ3n) is 3.54. The van der Waals surface area contributed by atoms with Crippen LogP contribution in [0.5, 0.6) is 0 Å². The first kappa shape index (κ1) is 14.6. The molecule has 116 valence electrons. The van der Waals surface area contributed by atoms with Gasteiger partial charge in [0.2, 0.25) is 0 Å². The molecule has 0 aromatic carbocycles. The van der Waals surface area contributed by atoms with E-state index in [9.17, 15) is 4.79 Å². The summed E-state index contributed by atoms with van der Waals surface area (Å²) in [4.78, 5) is 18.0. The number of carbonyl (C=O) groups excluding carboxylic acids is 1. The van der Waals surface area contributed by atoms with E-state index < -0.39 is 5.60 Å². The van der Waals surface area contributed by atoms with Crippen LogP contribution in [0, 0.1) is 6.92 Å². The topological polar surface area (TPSA) is 59.7 Å². The van der Waals surface area contributed by atoms with Crippen molar-refractivity contribution in [1.82, 2.24) is 19.5 Å². The van der Waals surface area contributed by atoms with Gasteiger partial charge in [0.25, 0.3) is 0 Å². The van der Waals surface area contributed by atoms with Gasteiger partial charge in [-0.1, -0.05) is 6.08 Å². The van der Waals surface area contributed by atoms with Gasteiger partial charge in [-0.25, -0.2) is 14.3 Å². The zero-order chi connectivity index (χ0) is 15.9. The van der Waals surface area contributed by atoms with Gasteiger partial charge in [0, 0.05) is 24.8 Å². The highest BCUT2D eigenvalue weighted by atomic mass is 16.6. The van der Waals surface area contributed by atoms with Crippen molar-refractivity contribution in [3.8, 4) is 0 Å². The van der Waals surface area contributed by atoms with Crippen LogP contribution in [0.4, 0.5) is 4.79 Å². The standard InChI is InChI=1S/C16H20N4O2/c1-11-7-14-17-10-18-20(14)9-13(11)12-5-6-19(8-12)15(21)22-16(2,3)4/h5,7,9-10H,6,8H2,1-4H3. The molecule has 0 atom stereocenters. The SMILES string of the molecule is Cc1cc2ncnn2cc1C1=CCN(C(=O)OC(C)(C)C)C1. The summed E-state index contributed by atoms with van der Waals surface area (Å²) in [5.41, 5.74) is 3.67. The van der Waals surface area contributed by atoms with Crippen LogP contribution in [0.2, 0.25) is 0 Å². The molecule has 2 aromatic heterocycles. The lowest BCUT2D eigenvalue weighted by atomic mass is 10.0. The van der Waals surface area contributed by atoms with Crippen LogP contribution in [0.1, 0.15) is 31.9 Å². The minimum Gasteiger partial charge on any atom is -0.444 e. The van der Waals surface area contributed by atoms with Gasteiger partial charge < -0.3 is 9.64 Å². The molecule has 0 N–H and O–H groups in total. The number of pyridine rings is 1. The third-order valence-corrected chi connectivity index (χ3v) is 3.54. The molecule has 0 fully saturated rings. The van der Waals surface area contributed by atoms with E-state index in [1.165, 1.54) is 6.33 Å². The molecule has 3 heterocycles. The van der Waals surface area contributed by atoms with Gasteiger partial charge in [-0.05, 0) is 44.9 Å². The normalized spacial score (nSPS) is 15.3. The molecule has 0 unspecified atom stereocenters. The summed E-state index contributed by atoms with van der Waals surface area (Å²) < 4.78 is 7.17. The van der Waals surface area contributed by atoms with E-state index >= 15 is 0 Å². The number of aryl methyl sites for hydroxylation is 1. The number of hydrogen-bond acceptors (Lipinski definition) is 4. The van der Waals surface area contributed by atoms with Crippen molar-refractivity contribution in [2.24, 2.45) is 0 Å². The Balaban J connectivity index is 1.79. The number of ether oxygens (including phenoxy) is 1. The van der Waals surface area contributed by atoms with Crippen molar-refractivity contribution >= 4 is 17.3 Å². The third kappa shape index (κ3) is 2.81. The summed E-state index contributed by atoms with van der Waals surface area (Å²) >= 11 is 0. The van der Waals surface area contributed by atoms with Crippen molar-refractivity contribution < 1.29 is 9.53 Å². The fourth-order valence-electron chi connectivity index (χ4n) is 2.51. The second-order valence-electron chi connectivity index (χ2n) is 6.52. The van der Waals surface area contributed by atoms with Gasteiger partial charge >= 0.3 is 6.09 Å². The molecule has 1 aliphatic rings. The Morgan fingerprint density at radius 3 is 2.86 bits per heavy atom.